The predicted molar refractivity (Wildman–Crippen MR) is 111 cm³/mol. The van der Waals surface area contributed by atoms with Crippen molar-refractivity contribution in [1.82, 2.24) is 0 Å². The van der Waals surface area contributed by atoms with Gasteiger partial charge in [0.05, 0.1) is 6.54 Å². The molecule has 2 aliphatic rings. The lowest BCUT2D eigenvalue weighted by atomic mass is 10.0. The first kappa shape index (κ1) is 18.3. The first-order chi connectivity index (χ1) is 14.1. The van der Waals surface area contributed by atoms with E-state index in [2.05, 4.69) is 25.1 Å². The van der Waals surface area contributed by atoms with Crippen molar-refractivity contribution in [2.45, 2.75) is 39.3 Å². The van der Waals surface area contributed by atoms with Gasteiger partial charge in [-0.2, -0.15) is 0 Å². The van der Waals surface area contributed by atoms with Crippen LogP contribution in [0.25, 0.3) is 11.0 Å². The van der Waals surface area contributed by atoms with Crippen LogP contribution < -0.4 is 20.0 Å². The maximum atomic E-state index is 12.2. The van der Waals surface area contributed by atoms with Crippen LogP contribution in [0.15, 0.2) is 45.6 Å². The Morgan fingerprint density at radius 3 is 2.66 bits per heavy atom. The summed E-state index contributed by atoms with van der Waals surface area (Å²) in [6.07, 6.45) is 2.30. The number of ether oxygens (including phenoxy) is 2. The van der Waals surface area contributed by atoms with E-state index in [0.29, 0.717) is 24.8 Å². The van der Waals surface area contributed by atoms with Crippen molar-refractivity contribution in [1.29, 1.82) is 0 Å². The summed E-state index contributed by atoms with van der Waals surface area (Å²) in [5.41, 5.74) is 5.11. The maximum Gasteiger partial charge on any atom is 0.336 e. The molecule has 3 aromatic rings. The lowest BCUT2D eigenvalue weighted by Crippen LogP contribution is -3.08. The van der Waals surface area contributed by atoms with Gasteiger partial charge in [-0.05, 0) is 55.3 Å². The average molecular weight is 392 g/mol. The van der Waals surface area contributed by atoms with Gasteiger partial charge in [-0.15, -0.1) is 0 Å². The van der Waals surface area contributed by atoms with Crippen LogP contribution in [-0.2, 0) is 6.54 Å². The molecule has 5 heteroatoms. The number of fused-ring (bicyclic) bond motifs is 2. The van der Waals surface area contributed by atoms with E-state index in [4.69, 9.17) is 13.9 Å². The van der Waals surface area contributed by atoms with Crippen LogP contribution in [0, 0.1) is 13.8 Å². The van der Waals surface area contributed by atoms with E-state index in [9.17, 15) is 4.79 Å². The van der Waals surface area contributed by atoms with E-state index in [0.717, 1.165) is 47.5 Å². The summed E-state index contributed by atoms with van der Waals surface area (Å²) in [7, 11) is 0. The summed E-state index contributed by atoms with van der Waals surface area (Å²) in [6, 6.07) is 12.5. The van der Waals surface area contributed by atoms with Crippen LogP contribution in [0.4, 0.5) is 0 Å². The molecule has 29 heavy (non-hydrogen) atoms. The van der Waals surface area contributed by atoms with Crippen LogP contribution in [0.3, 0.4) is 0 Å². The Balaban J connectivity index is 1.49. The molecule has 1 fully saturated rings. The fourth-order valence-corrected chi connectivity index (χ4v) is 4.68. The number of aryl methyl sites for hydroxylation is 2. The van der Waals surface area contributed by atoms with E-state index >= 15 is 0 Å². The standard InChI is InChI=1S/C24H25NO4/c1-15-10-19-18(13-24(26)29-22(19)11-16(15)2)14-25-7-3-4-20(25)17-5-6-21-23(12-17)28-9-8-27-21/h5-6,10-13,20H,3-4,7-9,14H2,1-2H3/p+1/t20-/m0/s1. The Morgan fingerprint density at radius 2 is 1.79 bits per heavy atom. The van der Waals surface area contributed by atoms with E-state index in [1.807, 2.05) is 19.1 Å². The molecule has 0 amide bonds. The molecule has 0 bridgehead atoms. The largest absolute Gasteiger partial charge is 0.486 e. The topological polar surface area (TPSA) is 53.1 Å². The van der Waals surface area contributed by atoms with Gasteiger partial charge in [0.15, 0.2) is 11.5 Å². The van der Waals surface area contributed by atoms with E-state index in [1.165, 1.54) is 22.4 Å². The van der Waals surface area contributed by atoms with Gasteiger partial charge in [-0.3, -0.25) is 0 Å². The normalized spacial score (nSPS) is 20.9. The van der Waals surface area contributed by atoms with Gasteiger partial charge in [0.25, 0.3) is 0 Å². The molecule has 3 heterocycles. The molecule has 1 unspecified atom stereocenters. The van der Waals surface area contributed by atoms with Crippen molar-refractivity contribution in [3.63, 3.8) is 0 Å². The van der Waals surface area contributed by atoms with Crippen LogP contribution in [0.2, 0.25) is 0 Å². The lowest BCUT2D eigenvalue weighted by molar-refractivity contribution is -0.931. The van der Waals surface area contributed by atoms with Crippen LogP contribution >= 0.6 is 0 Å². The SMILES string of the molecule is Cc1cc2oc(=O)cc(C[NH+]3CCC[C@H]3c3ccc4c(c3)OCCO4)c2cc1C. The third kappa shape index (κ3) is 3.40. The second-order valence-corrected chi connectivity index (χ2v) is 8.21. The summed E-state index contributed by atoms with van der Waals surface area (Å²) < 4.78 is 16.9. The third-order valence-electron chi connectivity index (χ3n) is 6.31. The Morgan fingerprint density at radius 1 is 1.00 bits per heavy atom. The Kier molecular flexibility index (Phi) is 4.55. The quantitative estimate of drug-likeness (QED) is 0.696. The molecule has 2 atom stereocenters. The molecule has 0 radical (unpaired) electrons. The fraction of sp³-hybridized carbons (Fsp3) is 0.375. The first-order valence-electron chi connectivity index (χ1n) is 10.4. The summed E-state index contributed by atoms with van der Waals surface area (Å²) >= 11 is 0. The highest BCUT2D eigenvalue weighted by Crippen LogP contribution is 2.33. The zero-order chi connectivity index (χ0) is 20.0. The van der Waals surface area contributed by atoms with Crippen molar-refractivity contribution in [2.75, 3.05) is 19.8 Å². The second kappa shape index (κ2) is 7.23. The molecule has 1 aromatic heterocycles. The van der Waals surface area contributed by atoms with Crippen LogP contribution in [-0.4, -0.2) is 19.8 Å². The minimum absolute atomic E-state index is 0.273. The van der Waals surface area contributed by atoms with Gasteiger partial charge < -0.3 is 18.8 Å². The van der Waals surface area contributed by atoms with Gasteiger partial charge in [0, 0.05) is 35.4 Å². The Hall–Kier alpha value is -2.79. The van der Waals surface area contributed by atoms with E-state index in [1.54, 1.807) is 6.07 Å². The number of benzene rings is 2. The lowest BCUT2D eigenvalue weighted by Gasteiger charge is -2.24. The van der Waals surface area contributed by atoms with Crippen LogP contribution in [0.5, 0.6) is 11.5 Å². The number of nitrogens with one attached hydrogen (secondary N) is 1. The average Bonchev–Trinajstić information content (AvgIpc) is 3.17. The van der Waals surface area contributed by atoms with E-state index < -0.39 is 0 Å². The zero-order valence-corrected chi connectivity index (χ0v) is 16.9. The molecule has 5 nitrogen and oxygen atoms in total. The highest BCUT2D eigenvalue weighted by molar-refractivity contribution is 5.81. The molecule has 2 aliphatic heterocycles. The van der Waals surface area contributed by atoms with Crippen LogP contribution in [0.1, 0.15) is 41.1 Å². The van der Waals surface area contributed by atoms with Gasteiger partial charge in [0.1, 0.15) is 31.4 Å². The smallest absolute Gasteiger partial charge is 0.336 e. The van der Waals surface area contributed by atoms with Gasteiger partial charge >= 0.3 is 5.63 Å². The summed E-state index contributed by atoms with van der Waals surface area (Å²) in [4.78, 5) is 13.7. The van der Waals surface area contributed by atoms with E-state index in [-0.39, 0.29) is 5.63 Å². The Bertz CT molecular complexity index is 1130. The zero-order valence-electron chi connectivity index (χ0n) is 16.9. The highest BCUT2D eigenvalue weighted by atomic mass is 16.6. The fourth-order valence-electron chi connectivity index (χ4n) is 4.68. The maximum absolute atomic E-state index is 12.2. The van der Waals surface area contributed by atoms with Crippen molar-refractivity contribution in [3.05, 3.63) is 69.1 Å². The number of rotatable bonds is 3. The highest BCUT2D eigenvalue weighted by Gasteiger charge is 2.31. The molecule has 2 aromatic carbocycles. The summed E-state index contributed by atoms with van der Waals surface area (Å²) in [6.45, 7) is 7.25. The molecule has 0 saturated carbocycles. The third-order valence-corrected chi connectivity index (χ3v) is 6.31. The molecule has 1 saturated heterocycles. The summed E-state index contributed by atoms with van der Waals surface area (Å²) in [5.74, 6) is 1.67. The molecule has 0 spiro atoms. The van der Waals surface area contributed by atoms with Gasteiger partial charge in [-0.25, -0.2) is 4.79 Å². The second-order valence-electron chi connectivity index (χ2n) is 8.21. The van der Waals surface area contributed by atoms with Crippen molar-refractivity contribution < 1.29 is 18.8 Å². The number of hydrogen-bond acceptors (Lipinski definition) is 4. The Labute approximate surface area is 169 Å². The van der Waals surface area contributed by atoms with Crippen molar-refractivity contribution in [2.24, 2.45) is 0 Å². The molecular formula is C24H26NO4+. The van der Waals surface area contributed by atoms with Gasteiger partial charge in [-0.1, -0.05) is 0 Å². The minimum atomic E-state index is -0.273. The number of hydrogen-bond donors (Lipinski definition) is 1. The number of likely N-dealkylation sites (tertiary alicyclic amines) is 1. The monoisotopic (exact) mass is 392 g/mol. The minimum Gasteiger partial charge on any atom is -0.486 e. The predicted octanol–water partition coefficient (Wildman–Crippen LogP) is 3.10. The molecule has 0 aliphatic carbocycles. The summed E-state index contributed by atoms with van der Waals surface area (Å²) in [5, 5.41) is 1.05. The number of quaternary nitrogens is 1. The van der Waals surface area contributed by atoms with Gasteiger partial charge in [0.2, 0.25) is 0 Å². The molecule has 150 valence electrons. The van der Waals surface area contributed by atoms with Crippen molar-refractivity contribution in [3.8, 4) is 11.5 Å². The van der Waals surface area contributed by atoms with Crippen molar-refractivity contribution >= 4 is 11.0 Å². The molecule has 1 N–H and O–H groups in total. The molecule has 5 rings (SSSR count). The molecular weight excluding hydrogens is 366 g/mol. The first-order valence-corrected chi connectivity index (χ1v) is 10.4.